The van der Waals surface area contributed by atoms with Crippen molar-refractivity contribution < 1.29 is 4.79 Å². The highest BCUT2D eigenvalue weighted by Crippen LogP contribution is 2.24. The second-order valence-corrected chi connectivity index (χ2v) is 7.37. The monoisotopic (exact) mass is 355 g/mol. The largest absolute Gasteiger partial charge is 0.366 e. The smallest absolute Gasteiger partial charge is 0.238 e. The van der Waals surface area contributed by atoms with Crippen molar-refractivity contribution in [3.8, 4) is 0 Å². The molecular weight excluding hydrogens is 326 g/mol. The number of amides is 1. The maximum atomic E-state index is 12.5. The Morgan fingerprint density at radius 3 is 2.23 bits per heavy atom. The van der Waals surface area contributed by atoms with E-state index in [0.717, 1.165) is 54.4 Å². The second kappa shape index (κ2) is 7.50. The van der Waals surface area contributed by atoms with Gasteiger partial charge in [0.05, 0.1) is 23.6 Å². The zero-order chi connectivity index (χ0) is 18.8. The summed E-state index contributed by atoms with van der Waals surface area (Å²) in [5, 5.41) is 10.4. The molecule has 1 amide bonds. The lowest BCUT2D eigenvalue weighted by Gasteiger charge is -2.35. The summed E-state index contributed by atoms with van der Waals surface area (Å²) >= 11 is 0. The van der Waals surface area contributed by atoms with Gasteiger partial charge in [-0.3, -0.25) is 14.8 Å². The number of carbonyl (C=O) groups is 1. The quantitative estimate of drug-likeness (QED) is 0.885. The molecule has 0 atom stereocenters. The summed E-state index contributed by atoms with van der Waals surface area (Å²) in [4.78, 5) is 17.1. The van der Waals surface area contributed by atoms with Crippen LogP contribution in [0, 0.1) is 34.6 Å². The van der Waals surface area contributed by atoms with Crippen molar-refractivity contribution in [2.45, 2.75) is 34.6 Å². The molecule has 0 unspecified atom stereocenters. The van der Waals surface area contributed by atoms with Gasteiger partial charge in [-0.1, -0.05) is 17.7 Å². The van der Waals surface area contributed by atoms with Crippen molar-refractivity contribution in [1.82, 2.24) is 15.1 Å². The summed E-state index contributed by atoms with van der Waals surface area (Å²) in [5.41, 5.74) is 7.76. The summed E-state index contributed by atoms with van der Waals surface area (Å²) in [7, 11) is 0. The Balaban J connectivity index is 1.56. The van der Waals surface area contributed by atoms with Crippen LogP contribution in [-0.4, -0.2) is 53.7 Å². The van der Waals surface area contributed by atoms with Crippen molar-refractivity contribution in [1.29, 1.82) is 0 Å². The number of piperazine rings is 1. The summed E-state index contributed by atoms with van der Waals surface area (Å²) in [5.74, 6) is 0.0594. The molecule has 1 aromatic heterocycles. The van der Waals surface area contributed by atoms with Crippen LogP contribution < -0.4 is 10.2 Å². The number of rotatable bonds is 4. The molecule has 1 saturated heterocycles. The Morgan fingerprint density at radius 1 is 1.08 bits per heavy atom. The predicted octanol–water partition coefficient (Wildman–Crippen LogP) is 2.71. The van der Waals surface area contributed by atoms with Crippen molar-refractivity contribution >= 4 is 17.3 Å². The van der Waals surface area contributed by atoms with E-state index in [4.69, 9.17) is 0 Å². The van der Waals surface area contributed by atoms with E-state index in [1.165, 1.54) is 11.3 Å². The van der Waals surface area contributed by atoms with Gasteiger partial charge in [-0.2, -0.15) is 5.10 Å². The van der Waals surface area contributed by atoms with Gasteiger partial charge in [0.1, 0.15) is 0 Å². The molecule has 2 heterocycles. The van der Waals surface area contributed by atoms with Crippen LogP contribution in [0.3, 0.4) is 0 Å². The lowest BCUT2D eigenvalue weighted by atomic mass is 10.1. The molecule has 0 aliphatic carbocycles. The first kappa shape index (κ1) is 18.5. The van der Waals surface area contributed by atoms with Crippen LogP contribution >= 0.6 is 0 Å². The van der Waals surface area contributed by atoms with Gasteiger partial charge in [-0.15, -0.1) is 0 Å². The molecule has 0 bridgehead atoms. The minimum atomic E-state index is 0.0594. The Morgan fingerprint density at radius 2 is 1.69 bits per heavy atom. The summed E-state index contributed by atoms with van der Waals surface area (Å²) in [6.45, 7) is 14.3. The molecule has 6 heteroatoms. The zero-order valence-corrected chi connectivity index (χ0v) is 16.4. The Bertz CT molecular complexity index is 760. The standard InChI is InChI=1S/C20H29N5O/c1-13-10-14(2)19(15(3)11-13)21-18(26)12-24-6-8-25(9-7-24)20-16(4)22-23-17(20)5/h10-11H,6-9,12H2,1-5H3,(H,21,26)(H,22,23). The van der Waals surface area contributed by atoms with E-state index < -0.39 is 0 Å². The van der Waals surface area contributed by atoms with Crippen LogP contribution in [0.1, 0.15) is 28.1 Å². The van der Waals surface area contributed by atoms with Gasteiger partial charge in [0.15, 0.2) is 0 Å². The number of aromatic nitrogens is 2. The summed E-state index contributed by atoms with van der Waals surface area (Å²) < 4.78 is 0. The van der Waals surface area contributed by atoms with Crippen molar-refractivity contribution in [3.05, 3.63) is 40.2 Å². The van der Waals surface area contributed by atoms with E-state index in [0.29, 0.717) is 6.54 Å². The fourth-order valence-corrected chi connectivity index (χ4v) is 3.90. The molecule has 0 saturated carbocycles. The number of nitrogens with one attached hydrogen (secondary N) is 2. The zero-order valence-electron chi connectivity index (χ0n) is 16.4. The Hall–Kier alpha value is -2.34. The van der Waals surface area contributed by atoms with E-state index in [-0.39, 0.29) is 5.91 Å². The molecule has 0 radical (unpaired) electrons. The average molecular weight is 355 g/mol. The molecular formula is C20H29N5O. The number of aromatic amines is 1. The van der Waals surface area contributed by atoms with Crippen LogP contribution in [0.5, 0.6) is 0 Å². The third-order valence-electron chi connectivity index (χ3n) is 5.09. The molecule has 2 aromatic rings. The molecule has 1 aliphatic rings. The van der Waals surface area contributed by atoms with Crippen LogP contribution in [0.15, 0.2) is 12.1 Å². The molecule has 26 heavy (non-hydrogen) atoms. The maximum absolute atomic E-state index is 12.5. The first-order valence-electron chi connectivity index (χ1n) is 9.21. The summed E-state index contributed by atoms with van der Waals surface area (Å²) in [6.07, 6.45) is 0. The van der Waals surface area contributed by atoms with E-state index in [1.54, 1.807) is 0 Å². The number of benzene rings is 1. The fourth-order valence-electron chi connectivity index (χ4n) is 3.90. The van der Waals surface area contributed by atoms with Crippen molar-refractivity contribution in [2.24, 2.45) is 0 Å². The molecule has 1 aliphatic heterocycles. The molecule has 1 aromatic carbocycles. The number of aryl methyl sites for hydroxylation is 5. The second-order valence-electron chi connectivity index (χ2n) is 7.37. The van der Waals surface area contributed by atoms with Gasteiger partial charge in [-0.05, 0) is 45.7 Å². The molecule has 140 valence electrons. The van der Waals surface area contributed by atoms with Gasteiger partial charge >= 0.3 is 0 Å². The van der Waals surface area contributed by atoms with Gasteiger partial charge in [0.2, 0.25) is 5.91 Å². The Kier molecular flexibility index (Phi) is 5.32. The number of carbonyl (C=O) groups excluding carboxylic acids is 1. The molecule has 3 rings (SSSR count). The van der Waals surface area contributed by atoms with E-state index in [9.17, 15) is 4.79 Å². The minimum Gasteiger partial charge on any atom is -0.366 e. The number of H-pyrrole nitrogens is 1. The van der Waals surface area contributed by atoms with E-state index in [1.807, 2.05) is 20.8 Å². The van der Waals surface area contributed by atoms with Gasteiger partial charge in [-0.25, -0.2) is 0 Å². The molecule has 6 nitrogen and oxygen atoms in total. The highest BCUT2D eigenvalue weighted by atomic mass is 16.2. The van der Waals surface area contributed by atoms with Gasteiger partial charge in [0.25, 0.3) is 0 Å². The van der Waals surface area contributed by atoms with Crippen LogP contribution in [-0.2, 0) is 4.79 Å². The molecule has 1 fully saturated rings. The van der Waals surface area contributed by atoms with E-state index in [2.05, 4.69) is 51.3 Å². The SMILES string of the molecule is Cc1cc(C)c(NC(=O)CN2CCN(c3c(C)n[nH]c3C)CC2)c(C)c1. The van der Waals surface area contributed by atoms with Crippen LogP contribution in [0.2, 0.25) is 0 Å². The van der Waals surface area contributed by atoms with Crippen LogP contribution in [0.4, 0.5) is 11.4 Å². The number of hydrogen-bond donors (Lipinski definition) is 2. The third-order valence-corrected chi connectivity index (χ3v) is 5.09. The number of hydrogen-bond acceptors (Lipinski definition) is 4. The van der Waals surface area contributed by atoms with E-state index >= 15 is 0 Å². The normalized spacial score (nSPS) is 15.3. The highest BCUT2D eigenvalue weighted by Gasteiger charge is 2.22. The number of nitrogens with zero attached hydrogens (tertiary/aromatic N) is 3. The third kappa shape index (κ3) is 3.90. The van der Waals surface area contributed by atoms with Crippen LogP contribution in [0.25, 0.3) is 0 Å². The molecule has 0 spiro atoms. The van der Waals surface area contributed by atoms with Crippen molar-refractivity contribution in [3.63, 3.8) is 0 Å². The topological polar surface area (TPSA) is 64.3 Å². The summed E-state index contributed by atoms with van der Waals surface area (Å²) in [6, 6.07) is 4.22. The lowest BCUT2D eigenvalue weighted by molar-refractivity contribution is -0.117. The minimum absolute atomic E-state index is 0.0594. The number of anilines is 2. The Labute approximate surface area is 155 Å². The van der Waals surface area contributed by atoms with Gasteiger partial charge < -0.3 is 10.2 Å². The fraction of sp³-hybridized carbons (Fsp3) is 0.500. The lowest BCUT2D eigenvalue weighted by Crippen LogP contribution is -2.49. The van der Waals surface area contributed by atoms with Crippen molar-refractivity contribution in [2.75, 3.05) is 42.9 Å². The first-order chi connectivity index (χ1) is 12.3. The predicted molar refractivity (Wildman–Crippen MR) is 106 cm³/mol. The van der Waals surface area contributed by atoms with Gasteiger partial charge in [0, 0.05) is 31.9 Å². The molecule has 2 N–H and O–H groups in total. The maximum Gasteiger partial charge on any atom is 0.238 e. The average Bonchev–Trinajstić information content (AvgIpc) is 2.90. The highest BCUT2D eigenvalue weighted by molar-refractivity contribution is 5.93. The first-order valence-corrected chi connectivity index (χ1v) is 9.21.